The van der Waals surface area contributed by atoms with Crippen LogP contribution in [0.1, 0.15) is 16.7 Å². The summed E-state index contributed by atoms with van der Waals surface area (Å²) in [7, 11) is 1.53. The predicted molar refractivity (Wildman–Crippen MR) is 120 cm³/mol. The average Bonchev–Trinajstić information content (AvgIpc) is 3.00. The lowest BCUT2D eigenvalue weighted by Gasteiger charge is -2.15. The molecule has 0 spiro atoms. The van der Waals surface area contributed by atoms with Gasteiger partial charge in [0, 0.05) is 18.1 Å². The molecule has 0 atom stereocenters. The minimum Gasteiger partial charge on any atom is -0.495 e. The minimum atomic E-state index is -0.406. The number of ether oxygens (including phenoxy) is 1. The van der Waals surface area contributed by atoms with E-state index in [9.17, 15) is 9.59 Å². The number of aromatic nitrogens is 1. The number of hydrogen-bond acceptors (Lipinski definition) is 5. The van der Waals surface area contributed by atoms with Crippen molar-refractivity contribution >= 4 is 34.7 Å². The molecule has 0 aliphatic carbocycles. The number of nitrogens with one attached hydrogen (secondary N) is 1. The molecular formula is C24H20ClN3O3. The molecule has 0 radical (unpaired) electrons. The van der Waals surface area contributed by atoms with E-state index in [4.69, 9.17) is 16.3 Å². The van der Waals surface area contributed by atoms with Gasteiger partial charge >= 0.3 is 0 Å². The van der Waals surface area contributed by atoms with Gasteiger partial charge in [-0.1, -0.05) is 47.5 Å². The number of pyridine rings is 1. The zero-order valence-electron chi connectivity index (χ0n) is 17.1. The third-order valence-electron chi connectivity index (χ3n) is 4.99. The van der Waals surface area contributed by atoms with Gasteiger partial charge in [0.1, 0.15) is 11.4 Å². The summed E-state index contributed by atoms with van der Waals surface area (Å²) >= 11 is 6.24. The van der Waals surface area contributed by atoms with E-state index < -0.39 is 5.91 Å². The van der Waals surface area contributed by atoms with Crippen molar-refractivity contribution in [2.24, 2.45) is 0 Å². The quantitative estimate of drug-likeness (QED) is 0.582. The summed E-state index contributed by atoms with van der Waals surface area (Å²) in [5.74, 6) is -0.247. The molecule has 2 heterocycles. The van der Waals surface area contributed by atoms with Crippen molar-refractivity contribution < 1.29 is 14.3 Å². The van der Waals surface area contributed by atoms with E-state index in [0.29, 0.717) is 27.6 Å². The second-order valence-electron chi connectivity index (χ2n) is 7.15. The topological polar surface area (TPSA) is 71.5 Å². The normalized spacial score (nSPS) is 13.7. The summed E-state index contributed by atoms with van der Waals surface area (Å²) in [6.45, 7) is 2.10. The molecule has 0 saturated carbocycles. The lowest BCUT2D eigenvalue weighted by Crippen LogP contribution is -2.32. The lowest BCUT2D eigenvalue weighted by atomic mass is 10.0. The Morgan fingerprint density at radius 3 is 2.48 bits per heavy atom. The van der Waals surface area contributed by atoms with Crippen LogP contribution >= 0.6 is 11.6 Å². The van der Waals surface area contributed by atoms with E-state index in [2.05, 4.69) is 10.3 Å². The van der Waals surface area contributed by atoms with Crippen LogP contribution in [0.2, 0.25) is 5.02 Å². The predicted octanol–water partition coefficient (Wildman–Crippen LogP) is 4.44. The molecule has 7 heteroatoms. The highest BCUT2D eigenvalue weighted by atomic mass is 35.5. The van der Waals surface area contributed by atoms with Crippen molar-refractivity contribution in [1.82, 2.24) is 9.88 Å². The Kier molecular flexibility index (Phi) is 5.73. The summed E-state index contributed by atoms with van der Waals surface area (Å²) in [5, 5.41) is 3.50. The molecule has 156 valence electrons. The van der Waals surface area contributed by atoms with Crippen LogP contribution in [0, 0.1) is 6.92 Å². The zero-order chi connectivity index (χ0) is 22.0. The van der Waals surface area contributed by atoms with Crippen LogP contribution < -0.4 is 10.1 Å². The number of rotatable bonds is 6. The molecule has 3 aromatic rings. The highest BCUT2D eigenvalue weighted by Crippen LogP contribution is 2.33. The van der Waals surface area contributed by atoms with E-state index in [1.807, 2.05) is 37.3 Å². The molecular weight excluding hydrogens is 414 g/mol. The number of carbonyl (C=O) groups is 2. The Hall–Kier alpha value is -3.64. The number of halogens is 1. The number of methoxy groups -OCH3 is 1. The standard InChI is InChI=1S/C24H20ClN3O3/c1-15-5-7-17(8-6-15)21-22(27-18-9-10-20(31-2)19(25)12-18)24(30)28(23(21)29)14-16-4-3-11-26-13-16/h3-13,27H,14H2,1-2H3. The van der Waals surface area contributed by atoms with Gasteiger partial charge in [-0.3, -0.25) is 19.5 Å². The van der Waals surface area contributed by atoms with Crippen LogP contribution in [0.25, 0.3) is 5.57 Å². The molecule has 6 nitrogen and oxygen atoms in total. The summed E-state index contributed by atoms with van der Waals surface area (Å²) in [6, 6.07) is 16.2. The second kappa shape index (κ2) is 8.62. The zero-order valence-corrected chi connectivity index (χ0v) is 17.8. The number of nitrogens with zero attached hydrogens (tertiary/aromatic N) is 2. The van der Waals surface area contributed by atoms with Gasteiger partial charge in [0.25, 0.3) is 11.8 Å². The first-order valence-corrected chi connectivity index (χ1v) is 10.0. The molecule has 1 N–H and O–H groups in total. The number of amides is 2. The molecule has 2 aromatic carbocycles. The molecule has 0 bridgehead atoms. The average molecular weight is 434 g/mol. The molecule has 1 aliphatic rings. The molecule has 0 unspecified atom stereocenters. The highest BCUT2D eigenvalue weighted by molar-refractivity contribution is 6.36. The van der Waals surface area contributed by atoms with Crippen molar-refractivity contribution in [3.63, 3.8) is 0 Å². The second-order valence-corrected chi connectivity index (χ2v) is 7.56. The van der Waals surface area contributed by atoms with E-state index >= 15 is 0 Å². The van der Waals surface area contributed by atoms with Crippen molar-refractivity contribution in [3.8, 4) is 5.75 Å². The van der Waals surface area contributed by atoms with Crippen molar-refractivity contribution in [3.05, 3.63) is 94.4 Å². The molecule has 0 fully saturated rings. The fourth-order valence-corrected chi connectivity index (χ4v) is 3.64. The summed E-state index contributed by atoms with van der Waals surface area (Å²) in [5.41, 5.74) is 3.60. The van der Waals surface area contributed by atoms with E-state index in [-0.39, 0.29) is 18.1 Å². The van der Waals surface area contributed by atoms with Crippen molar-refractivity contribution in [2.75, 3.05) is 12.4 Å². The molecule has 1 aromatic heterocycles. The highest BCUT2D eigenvalue weighted by Gasteiger charge is 2.39. The van der Waals surface area contributed by atoms with Gasteiger partial charge in [-0.25, -0.2) is 0 Å². The van der Waals surface area contributed by atoms with Gasteiger partial charge < -0.3 is 10.1 Å². The first kappa shape index (κ1) is 20.6. The first-order chi connectivity index (χ1) is 15.0. The van der Waals surface area contributed by atoms with Gasteiger partial charge in [0.05, 0.1) is 24.3 Å². The summed E-state index contributed by atoms with van der Waals surface area (Å²) in [4.78, 5) is 31.9. The van der Waals surface area contributed by atoms with Crippen LogP contribution in [0.4, 0.5) is 5.69 Å². The smallest absolute Gasteiger partial charge is 0.278 e. The number of carbonyl (C=O) groups excluding carboxylic acids is 2. The van der Waals surface area contributed by atoms with Gasteiger partial charge in [0.2, 0.25) is 0 Å². The van der Waals surface area contributed by atoms with E-state index in [1.54, 1.807) is 36.7 Å². The van der Waals surface area contributed by atoms with Gasteiger partial charge in [-0.15, -0.1) is 0 Å². The minimum absolute atomic E-state index is 0.134. The van der Waals surface area contributed by atoms with Gasteiger partial charge in [-0.2, -0.15) is 0 Å². The molecule has 2 amide bonds. The number of anilines is 1. The van der Waals surface area contributed by atoms with Gasteiger partial charge in [-0.05, 0) is 42.3 Å². The maximum atomic E-state index is 13.3. The van der Waals surface area contributed by atoms with Gasteiger partial charge in [0.15, 0.2) is 0 Å². The molecule has 31 heavy (non-hydrogen) atoms. The van der Waals surface area contributed by atoms with Crippen LogP contribution in [0.3, 0.4) is 0 Å². The number of benzene rings is 2. The Balaban J connectivity index is 1.74. The molecule has 0 saturated heterocycles. The van der Waals surface area contributed by atoms with Crippen LogP contribution in [-0.2, 0) is 16.1 Å². The maximum Gasteiger partial charge on any atom is 0.278 e. The van der Waals surface area contributed by atoms with Crippen LogP contribution in [0.15, 0.2) is 72.7 Å². The molecule has 4 rings (SSSR count). The number of hydrogen-bond donors (Lipinski definition) is 1. The Morgan fingerprint density at radius 1 is 1.06 bits per heavy atom. The third-order valence-corrected chi connectivity index (χ3v) is 5.29. The Bertz CT molecular complexity index is 1170. The van der Waals surface area contributed by atoms with Crippen molar-refractivity contribution in [1.29, 1.82) is 0 Å². The summed E-state index contributed by atoms with van der Waals surface area (Å²) < 4.78 is 5.19. The third kappa shape index (κ3) is 4.15. The fraction of sp³-hybridized carbons (Fsp3) is 0.125. The SMILES string of the molecule is COc1ccc(NC2=C(c3ccc(C)cc3)C(=O)N(Cc3cccnc3)C2=O)cc1Cl. The van der Waals surface area contributed by atoms with E-state index in [1.165, 1.54) is 12.0 Å². The Morgan fingerprint density at radius 2 is 1.84 bits per heavy atom. The number of imide groups is 1. The first-order valence-electron chi connectivity index (χ1n) is 9.65. The summed E-state index contributed by atoms with van der Waals surface area (Å²) in [6.07, 6.45) is 3.29. The maximum absolute atomic E-state index is 13.3. The van der Waals surface area contributed by atoms with Crippen LogP contribution in [0.5, 0.6) is 5.75 Å². The largest absolute Gasteiger partial charge is 0.495 e. The van der Waals surface area contributed by atoms with E-state index in [0.717, 1.165) is 11.1 Å². The lowest BCUT2D eigenvalue weighted by molar-refractivity contribution is -0.137. The van der Waals surface area contributed by atoms with Crippen LogP contribution in [-0.4, -0.2) is 28.8 Å². The Labute approximate surface area is 185 Å². The molecule has 1 aliphatic heterocycles. The fourth-order valence-electron chi connectivity index (χ4n) is 3.39. The van der Waals surface area contributed by atoms with Crippen molar-refractivity contribution in [2.45, 2.75) is 13.5 Å². The number of aryl methyl sites for hydroxylation is 1. The monoisotopic (exact) mass is 433 g/mol.